The Morgan fingerprint density at radius 2 is 1.50 bits per heavy atom. The van der Waals surface area contributed by atoms with Crippen LogP contribution in [-0.2, 0) is 0 Å². The Bertz CT molecular complexity index is 483. The lowest BCUT2D eigenvalue weighted by molar-refractivity contribution is 1.30. The first-order chi connectivity index (χ1) is 8.67. The van der Waals surface area contributed by atoms with Crippen LogP contribution >= 0.6 is 0 Å². The van der Waals surface area contributed by atoms with E-state index in [9.17, 15) is 0 Å². The van der Waals surface area contributed by atoms with E-state index in [1.54, 1.807) is 0 Å². The molecule has 0 saturated carbocycles. The van der Waals surface area contributed by atoms with Crippen molar-refractivity contribution < 1.29 is 0 Å². The first kappa shape index (κ1) is 14.2. The highest BCUT2D eigenvalue weighted by Gasteiger charge is 1.96. The Morgan fingerprint density at radius 3 is 2.00 bits per heavy atom. The van der Waals surface area contributed by atoms with Crippen molar-refractivity contribution in [1.82, 2.24) is 0 Å². The summed E-state index contributed by atoms with van der Waals surface area (Å²) in [5.41, 5.74) is 5.20. The molecule has 0 heterocycles. The summed E-state index contributed by atoms with van der Waals surface area (Å²) in [6.45, 7) is 6.17. The van der Waals surface area contributed by atoms with Gasteiger partial charge >= 0.3 is 0 Å². The molecule has 0 spiro atoms. The monoisotopic (exact) mass is 239 g/mol. The lowest BCUT2D eigenvalue weighted by Gasteiger charge is -2.02. The van der Waals surface area contributed by atoms with Crippen molar-refractivity contribution in [3.8, 4) is 11.1 Å². The van der Waals surface area contributed by atoms with Gasteiger partial charge in [-0.1, -0.05) is 66.6 Å². The number of hydrogen-bond donors (Lipinski definition) is 1. The van der Waals surface area contributed by atoms with Gasteiger partial charge in [0.05, 0.1) is 0 Å². The number of benzene rings is 2. The SMILES string of the molecule is CCC=N.Cc1ccc(-c2cccc(C)c2)cc1. The lowest BCUT2D eigenvalue weighted by Crippen LogP contribution is -1.79. The van der Waals surface area contributed by atoms with Gasteiger partial charge in [-0.15, -0.1) is 0 Å². The van der Waals surface area contributed by atoms with E-state index in [0.717, 1.165) is 6.42 Å². The van der Waals surface area contributed by atoms with E-state index >= 15 is 0 Å². The van der Waals surface area contributed by atoms with E-state index in [2.05, 4.69) is 62.4 Å². The zero-order chi connectivity index (χ0) is 13.4. The van der Waals surface area contributed by atoms with Crippen LogP contribution in [-0.4, -0.2) is 6.21 Å². The smallest absolute Gasteiger partial charge is 0.00505 e. The largest absolute Gasteiger partial charge is 0.313 e. The highest BCUT2D eigenvalue weighted by atomic mass is 14.3. The van der Waals surface area contributed by atoms with Crippen molar-refractivity contribution in [3.63, 3.8) is 0 Å². The van der Waals surface area contributed by atoms with Crippen molar-refractivity contribution in [3.05, 3.63) is 59.7 Å². The minimum absolute atomic E-state index is 0.861. The van der Waals surface area contributed by atoms with Crippen LogP contribution < -0.4 is 0 Å². The van der Waals surface area contributed by atoms with E-state index in [1.807, 2.05) is 6.92 Å². The molecule has 1 N–H and O–H groups in total. The molecule has 0 unspecified atom stereocenters. The van der Waals surface area contributed by atoms with Gasteiger partial charge in [0.2, 0.25) is 0 Å². The van der Waals surface area contributed by atoms with Crippen LogP contribution in [0.4, 0.5) is 0 Å². The fourth-order valence-electron chi connectivity index (χ4n) is 1.57. The maximum Gasteiger partial charge on any atom is -0.00505 e. The van der Waals surface area contributed by atoms with Gasteiger partial charge in [0, 0.05) is 0 Å². The standard InChI is InChI=1S/C14H14.C3H7N/c1-11-6-8-13(9-7-11)14-5-3-4-12(2)10-14;1-2-3-4/h3-10H,1-2H3;3-4H,2H2,1H3. The molecule has 0 aromatic heterocycles. The molecular formula is C17H21N. The molecule has 0 fully saturated rings. The second-order valence-corrected chi connectivity index (χ2v) is 4.35. The zero-order valence-corrected chi connectivity index (χ0v) is 11.4. The van der Waals surface area contributed by atoms with Gasteiger partial charge in [0.15, 0.2) is 0 Å². The molecule has 0 saturated heterocycles. The second-order valence-electron chi connectivity index (χ2n) is 4.35. The van der Waals surface area contributed by atoms with Gasteiger partial charge in [0.1, 0.15) is 0 Å². The molecule has 2 aromatic carbocycles. The van der Waals surface area contributed by atoms with E-state index < -0.39 is 0 Å². The lowest BCUT2D eigenvalue weighted by atomic mass is 10.0. The summed E-state index contributed by atoms with van der Waals surface area (Å²) in [5.74, 6) is 0. The normalized spacial score (nSPS) is 9.28. The van der Waals surface area contributed by atoms with E-state index in [-0.39, 0.29) is 0 Å². The van der Waals surface area contributed by atoms with E-state index in [4.69, 9.17) is 5.41 Å². The van der Waals surface area contributed by atoms with Gasteiger partial charge in [-0.05, 0) is 37.6 Å². The molecule has 1 nitrogen and oxygen atoms in total. The molecule has 0 bridgehead atoms. The van der Waals surface area contributed by atoms with Gasteiger partial charge in [-0.25, -0.2) is 0 Å². The van der Waals surface area contributed by atoms with Crippen molar-refractivity contribution >= 4 is 6.21 Å². The highest BCUT2D eigenvalue weighted by Crippen LogP contribution is 2.20. The molecule has 18 heavy (non-hydrogen) atoms. The average Bonchev–Trinajstić information content (AvgIpc) is 2.40. The number of nitrogens with one attached hydrogen (secondary N) is 1. The maximum atomic E-state index is 6.33. The molecule has 2 aromatic rings. The molecule has 94 valence electrons. The molecule has 0 aliphatic carbocycles. The third kappa shape index (κ3) is 4.54. The molecule has 0 amide bonds. The minimum Gasteiger partial charge on any atom is -0.313 e. The molecule has 2 rings (SSSR count). The fraction of sp³-hybridized carbons (Fsp3) is 0.235. The Balaban J connectivity index is 0.000000357. The predicted octanol–water partition coefficient (Wildman–Crippen LogP) is 5.02. The summed E-state index contributed by atoms with van der Waals surface area (Å²) in [5, 5.41) is 6.33. The zero-order valence-electron chi connectivity index (χ0n) is 11.4. The molecule has 0 aliphatic rings. The van der Waals surface area contributed by atoms with Crippen molar-refractivity contribution in [2.75, 3.05) is 0 Å². The molecular weight excluding hydrogens is 218 g/mol. The van der Waals surface area contributed by atoms with Gasteiger partial charge < -0.3 is 5.41 Å². The summed E-state index contributed by atoms with van der Waals surface area (Å²) in [4.78, 5) is 0. The highest BCUT2D eigenvalue weighted by molar-refractivity contribution is 5.64. The summed E-state index contributed by atoms with van der Waals surface area (Å²) < 4.78 is 0. The maximum absolute atomic E-state index is 6.33. The van der Waals surface area contributed by atoms with E-state index in [0.29, 0.717) is 0 Å². The fourth-order valence-corrected chi connectivity index (χ4v) is 1.57. The van der Waals surface area contributed by atoms with Gasteiger partial charge in [-0.3, -0.25) is 0 Å². The number of aryl methyl sites for hydroxylation is 2. The van der Waals surface area contributed by atoms with Crippen molar-refractivity contribution in [2.45, 2.75) is 27.2 Å². The molecule has 1 heteroatoms. The Morgan fingerprint density at radius 1 is 0.889 bits per heavy atom. The van der Waals surface area contributed by atoms with Crippen molar-refractivity contribution in [1.29, 1.82) is 5.41 Å². The van der Waals surface area contributed by atoms with Crippen LogP contribution in [0.15, 0.2) is 48.5 Å². The predicted molar refractivity (Wildman–Crippen MR) is 80.4 cm³/mol. The van der Waals surface area contributed by atoms with Gasteiger partial charge in [-0.2, -0.15) is 0 Å². The van der Waals surface area contributed by atoms with Crippen LogP contribution in [0.5, 0.6) is 0 Å². The molecule has 0 radical (unpaired) electrons. The molecule has 0 atom stereocenters. The minimum atomic E-state index is 0.861. The summed E-state index contributed by atoms with van der Waals surface area (Å²) in [6.07, 6.45) is 2.24. The quantitative estimate of drug-likeness (QED) is 0.712. The van der Waals surface area contributed by atoms with Crippen LogP contribution in [0, 0.1) is 19.3 Å². The topological polar surface area (TPSA) is 23.9 Å². The van der Waals surface area contributed by atoms with Crippen LogP contribution in [0.25, 0.3) is 11.1 Å². The Kier molecular flexibility index (Phi) is 5.86. The first-order valence-electron chi connectivity index (χ1n) is 6.30. The third-order valence-corrected chi connectivity index (χ3v) is 2.61. The van der Waals surface area contributed by atoms with Crippen molar-refractivity contribution in [2.24, 2.45) is 0 Å². The number of hydrogen-bond acceptors (Lipinski definition) is 1. The summed E-state index contributed by atoms with van der Waals surface area (Å²) >= 11 is 0. The van der Waals surface area contributed by atoms with E-state index in [1.165, 1.54) is 28.5 Å². The summed E-state index contributed by atoms with van der Waals surface area (Å²) in [7, 11) is 0. The average molecular weight is 239 g/mol. The second kappa shape index (κ2) is 7.44. The van der Waals surface area contributed by atoms with Crippen LogP contribution in [0.3, 0.4) is 0 Å². The number of rotatable bonds is 2. The first-order valence-corrected chi connectivity index (χ1v) is 6.30. The Labute approximate surface area is 110 Å². The van der Waals surface area contributed by atoms with Gasteiger partial charge in [0.25, 0.3) is 0 Å². The third-order valence-electron chi connectivity index (χ3n) is 2.61. The van der Waals surface area contributed by atoms with Crippen LogP contribution in [0.1, 0.15) is 24.5 Å². The Hall–Kier alpha value is -1.89. The van der Waals surface area contributed by atoms with Crippen LogP contribution in [0.2, 0.25) is 0 Å². The molecule has 0 aliphatic heterocycles. The summed E-state index contributed by atoms with van der Waals surface area (Å²) in [6, 6.07) is 17.2.